The summed E-state index contributed by atoms with van der Waals surface area (Å²) in [6.45, 7) is 5.20. The maximum Gasteiger partial charge on any atom is 0.290 e. The van der Waals surface area contributed by atoms with Crippen molar-refractivity contribution >= 4 is 23.6 Å². The van der Waals surface area contributed by atoms with Gasteiger partial charge in [0.2, 0.25) is 5.91 Å². The normalized spacial score (nSPS) is 11.3. The number of hydrogen-bond donors (Lipinski definition) is 2. The molecule has 0 atom stereocenters. The second-order valence-corrected chi connectivity index (χ2v) is 6.19. The quantitative estimate of drug-likeness (QED) is 0.815. The molecule has 0 aliphatic heterocycles. The lowest BCUT2D eigenvalue weighted by molar-refractivity contribution is -0.121. The van der Waals surface area contributed by atoms with Gasteiger partial charge in [-0.1, -0.05) is 0 Å². The van der Waals surface area contributed by atoms with E-state index in [0.29, 0.717) is 0 Å². The highest BCUT2D eigenvalue weighted by Crippen LogP contribution is 2.26. The van der Waals surface area contributed by atoms with Crippen molar-refractivity contribution in [2.75, 3.05) is 6.54 Å². The highest BCUT2D eigenvalue weighted by Gasteiger charge is 2.18. The summed E-state index contributed by atoms with van der Waals surface area (Å²) in [6, 6.07) is 2.86. The highest BCUT2D eigenvalue weighted by atomic mass is 32.2. The minimum absolute atomic E-state index is 0.0198. The Balaban J connectivity index is 2.66. The van der Waals surface area contributed by atoms with Crippen LogP contribution in [0.25, 0.3) is 0 Å². The van der Waals surface area contributed by atoms with Crippen LogP contribution in [0.15, 0.2) is 23.4 Å². The summed E-state index contributed by atoms with van der Waals surface area (Å²) < 4.78 is 24.8. The molecule has 2 amide bonds. The van der Waals surface area contributed by atoms with E-state index in [2.05, 4.69) is 15.6 Å². The van der Waals surface area contributed by atoms with E-state index in [-0.39, 0.29) is 34.8 Å². The van der Waals surface area contributed by atoms with Crippen LogP contribution in [0.2, 0.25) is 0 Å². The fourth-order valence-electron chi connectivity index (χ4n) is 1.46. The number of rotatable bonds is 5. The second kappa shape index (κ2) is 7.35. The van der Waals surface area contributed by atoms with Gasteiger partial charge >= 0.3 is 0 Å². The SMILES string of the molecule is CC(C)(C)NC(=O)CNC(=O)c1cccnc1SC(F)F. The number of amides is 2. The molecule has 0 bridgehead atoms. The number of alkyl halides is 2. The predicted octanol–water partition coefficient (Wildman–Crippen LogP) is 2.04. The van der Waals surface area contributed by atoms with Gasteiger partial charge < -0.3 is 10.6 Å². The third-order valence-electron chi connectivity index (χ3n) is 2.14. The zero-order chi connectivity index (χ0) is 16.0. The van der Waals surface area contributed by atoms with E-state index in [4.69, 9.17) is 0 Å². The summed E-state index contributed by atoms with van der Waals surface area (Å²) >= 11 is 0.192. The molecule has 1 aromatic heterocycles. The number of carbonyl (C=O) groups excluding carboxylic acids is 2. The maximum atomic E-state index is 12.4. The first-order chi connectivity index (χ1) is 9.69. The monoisotopic (exact) mass is 317 g/mol. The summed E-state index contributed by atoms with van der Waals surface area (Å²) in [5.41, 5.74) is -0.390. The molecule has 1 heterocycles. The molecule has 0 saturated carbocycles. The van der Waals surface area contributed by atoms with Crippen molar-refractivity contribution in [2.24, 2.45) is 0 Å². The lowest BCUT2D eigenvalue weighted by Crippen LogP contribution is -2.45. The summed E-state index contributed by atoms with van der Waals surface area (Å²) in [5, 5.41) is 5.00. The van der Waals surface area contributed by atoms with Gasteiger partial charge in [-0.2, -0.15) is 8.78 Å². The van der Waals surface area contributed by atoms with E-state index in [1.165, 1.54) is 18.3 Å². The molecule has 8 heteroatoms. The van der Waals surface area contributed by atoms with Crippen molar-refractivity contribution in [2.45, 2.75) is 37.1 Å². The first kappa shape index (κ1) is 17.4. The topological polar surface area (TPSA) is 71.1 Å². The molecule has 0 saturated heterocycles. The molecule has 5 nitrogen and oxygen atoms in total. The van der Waals surface area contributed by atoms with Gasteiger partial charge in [-0.15, -0.1) is 0 Å². The standard InChI is InChI=1S/C13H17F2N3O2S/c1-13(2,3)18-9(19)7-17-10(20)8-5-4-6-16-11(8)21-12(14)15/h4-6,12H,7H2,1-3H3,(H,17,20)(H,18,19). The zero-order valence-electron chi connectivity index (χ0n) is 11.9. The van der Waals surface area contributed by atoms with Crippen LogP contribution < -0.4 is 10.6 Å². The largest absolute Gasteiger partial charge is 0.350 e. The van der Waals surface area contributed by atoms with Crippen LogP contribution in [0.1, 0.15) is 31.1 Å². The number of halogens is 2. The molecule has 2 N–H and O–H groups in total. The molecule has 0 aliphatic carbocycles. The predicted molar refractivity (Wildman–Crippen MR) is 76.3 cm³/mol. The van der Waals surface area contributed by atoms with Gasteiger partial charge in [-0.05, 0) is 44.7 Å². The zero-order valence-corrected chi connectivity index (χ0v) is 12.8. The summed E-state index contributed by atoms with van der Waals surface area (Å²) in [6.07, 6.45) is 1.33. The van der Waals surface area contributed by atoms with Gasteiger partial charge in [0.25, 0.3) is 11.7 Å². The van der Waals surface area contributed by atoms with Gasteiger partial charge in [-0.25, -0.2) is 4.98 Å². The molecule has 0 radical (unpaired) electrons. The van der Waals surface area contributed by atoms with Gasteiger partial charge in [0.1, 0.15) is 5.03 Å². The van der Waals surface area contributed by atoms with E-state index in [0.717, 1.165) is 0 Å². The van der Waals surface area contributed by atoms with Gasteiger partial charge in [0.05, 0.1) is 12.1 Å². The average Bonchev–Trinajstić information content (AvgIpc) is 2.34. The molecule has 0 spiro atoms. The fraction of sp³-hybridized carbons (Fsp3) is 0.462. The molecule has 0 aliphatic rings. The Morgan fingerprint density at radius 2 is 2.05 bits per heavy atom. The average molecular weight is 317 g/mol. The summed E-state index contributed by atoms with van der Waals surface area (Å²) in [7, 11) is 0. The third kappa shape index (κ3) is 6.52. The first-order valence-electron chi connectivity index (χ1n) is 6.18. The summed E-state index contributed by atoms with van der Waals surface area (Å²) in [5.74, 6) is -3.64. The van der Waals surface area contributed by atoms with Crippen molar-refractivity contribution < 1.29 is 18.4 Å². The van der Waals surface area contributed by atoms with Crippen LogP contribution in [0.3, 0.4) is 0 Å². The van der Waals surface area contributed by atoms with E-state index in [9.17, 15) is 18.4 Å². The van der Waals surface area contributed by atoms with Crippen molar-refractivity contribution in [3.05, 3.63) is 23.9 Å². The number of nitrogens with one attached hydrogen (secondary N) is 2. The van der Waals surface area contributed by atoms with Gasteiger partial charge in [0.15, 0.2) is 0 Å². The van der Waals surface area contributed by atoms with Crippen molar-refractivity contribution in [1.82, 2.24) is 15.6 Å². The number of nitrogens with zero attached hydrogens (tertiary/aromatic N) is 1. The highest BCUT2D eigenvalue weighted by molar-refractivity contribution is 7.99. The summed E-state index contributed by atoms with van der Waals surface area (Å²) in [4.78, 5) is 27.3. The van der Waals surface area contributed by atoms with E-state index < -0.39 is 17.2 Å². The van der Waals surface area contributed by atoms with Crippen LogP contribution in [-0.2, 0) is 4.79 Å². The maximum absolute atomic E-state index is 12.4. The van der Waals surface area contributed by atoms with Crippen molar-refractivity contribution in [1.29, 1.82) is 0 Å². The molecule has 1 rings (SSSR count). The Hall–Kier alpha value is -1.70. The van der Waals surface area contributed by atoms with Crippen LogP contribution in [0, 0.1) is 0 Å². The molecular formula is C13H17F2N3O2S. The molecule has 0 unspecified atom stereocenters. The van der Waals surface area contributed by atoms with Crippen molar-refractivity contribution in [3.63, 3.8) is 0 Å². The first-order valence-corrected chi connectivity index (χ1v) is 7.06. The molecular weight excluding hydrogens is 300 g/mol. The minimum atomic E-state index is -2.67. The Morgan fingerprint density at radius 3 is 2.62 bits per heavy atom. The Kier molecular flexibility index (Phi) is 6.07. The van der Waals surface area contributed by atoms with Gasteiger partial charge in [0, 0.05) is 11.7 Å². The number of pyridine rings is 1. The van der Waals surface area contributed by atoms with Gasteiger partial charge in [-0.3, -0.25) is 9.59 Å². The Morgan fingerprint density at radius 1 is 1.38 bits per heavy atom. The molecule has 21 heavy (non-hydrogen) atoms. The second-order valence-electron chi connectivity index (χ2n) is 5.22. The lowest BCUT2D eigenvalue weighted by Gasteiger charge is -2.20. The minimum Gasteiger partial charge on any atom is -0.350 e. The smallest absolute Gasteiger partial charge is 0.290 e. The molecule has 0 aromatic carbocycles. The number of aromatic nitrogens is 1. The number of carbonyl (C=O) groups is 2. The van der Waals surface area contributed by atoms with Crippen molar-refractivity contribution in [3.8, 4) is 0 Å². The molecule has 116 valence electrons. The van der Waals surface area contributed by atoms with Crippen LogP contribution in [-0.4, -0.2) is 34.6 Å². The van der Waals surface area contributed by atoms with Crippen LogP contribution in [0.5, 0.6) is 0 Å². The Bertz CT molecular complexity index is 518. The van der Waals surface area contributed by atoms with Crippen LogP contribution in [0.4, 0.5) is 8.78 Å². The third-order valence-corrected chi connectivity index (χ3v) is 2.87. The van der Waals surface area contributed by atoms with E-state index in [1.807, 2.05) is 20.8 Å². The lowest BCUT2D eigenvalue weighted by atomic mass is 10.1. The molecule has 1 aromatic rings. The number of hydrogen-bond acceptors (Lipinski definition) is 4. The fourth-order valence-corrected chi connectivity index (χ4v) is 2.04. The van der Waals surface area contributed by atoms with Crippen LogP contribution >= 0.6 is 11.8 Å². The van der Waals surface area contributed by atoms with E-state index in [1.54, 1.807) is 0 Å². The number of thioether (sulfide) groups is 1. The van der Waals surface area contributed by atoms with E-state index >= 15 is 0 Å². The molecule has 0 fully saturated rings. The Labute approximate surface area is 125 Å².